The van der Waals surface area contributed by atoms with E-state index in [1.165, 1.54) is 12.5 Å². The third kappa shape index (κ3) is 3.34. The van der Waals surface area contributed by atoms with Gasteiger partial charge in [-0.3, -0.25) is 9.59 Å². The maximum atomic E-state index is 12.4. The predicted octanol–water partition coefficient (Wildman–Crippen LogP) is 1.80. The van der Waals surface area contributed by atoms with E-state index in [9.17, 15) is 9.59 Å². The van der Waals surface area contributed by atoms with Crippen LogP contribution in [0.25, 0.3) is 0 Å². The minimum atomic E-state index is -0.0495. The molecule has 2 amide bonds. The molecule has 0 aliphatic carbocycles. The lowest BCUT2D eigenvalue weighted by atomic mass is 10.1. The van der Waals surface area contributed by atoms with Crippen molar-refractivity contribution in [3.63, 3.8) is 0 Å². The molecule has 0 atom stereocenters. The van der Waals surface area contributed by atoms with Gasteiger partial charge in [-0.1, -0.05) is 5.16 Å². The van der Waals surface area contributed by atoms with E-state index in [1.807, 2.05) is 18.7 Å². The summed E-state index contributed by atoms with van der Waals surface area (Å²) in [6, 6.07) is 1.66. The topological polar surface area (TPSA) is 79.8 Å². The van der Waals surface area contributed by atoms with Crippen LogP contribution in [0.2, 0.25) is 0 Å². The number of hydrogen-bond donors (Lipinski definition) is 0. The van der Waals surface area contributed by atoms with Crippen LogP contribution in [0.4, 0.5) is 0 Å². The zero-order valence-electron chi connectivity index (χ0n) is 13.9. The lowest BCUT2D eigenvalue weighted by Crippen LogP contribution is -2.50. The first kappa shape index (κ1) is 16.3. The Bertz CT molecular complexity index is 693. The smallest absolute Gasteiger partial charge is 0.257 e. The fraction of sp³-hybridized carbons (Fsp3) is 0.471. The summed E-state index contributed by atoms with van der Waals surface area (Å²) in [7, 11) is 0. The Kier molecular flexibility index (Phi) is 4.69. The Labute approximate surface area is 140 Å². The molecule has 2 aromatic rings. The summed E-state index contributed by atoms with van der Waals surface area (Å²) in [6.07, 6.45) is 4.00. The maximum absolute atomic E-state index is 12.4. The zero-order valence-corrected chi connectivity index (χ0v) is 13.9. The lowest BCUT2D eigenvalue weighted by Gasteiger charge is -2.34. The SMILES string of the molecule is Cc1noc(C)c1CCC(=O)N1CCN(C(=O)c2ccoc2)CC1. The first-order valence-electron chi connectivity index (χ1n) is 8.07. The molecule has 7 heteroatoms. The second kappa shape index (κ2) is 6.90. The predicted molar refractivity (Wildman–Crippen MR) is 85.5 cm³/mol. The highest BCUT2D eigenvalue weighted by Crippen LogP contribution is 2.16. The van der Waals surface area contributed by atoms with Gasteiger partial charge in [0, 0.05) is 38.2 Å². The van der Waals surface area contributed by atoms with Crippen LogP contribution in [0.3, 0.4) is 0 Å². The van der Waals surface area contributed by atoms with Crippen LogP contribution >= 0.6 is 0 Å². The summed E-state index contributed by atoms with van der Waals surface area (Å²) in [5.74, 6) is 0.827. The monoisotopic (exact) mass is 331 g/mol. The highest BCUT2D eigenvalue weighted by atomic mass is 16.5. The van der Waals surface area contributed by atoms with Crippen molar-refractivity contribution < 1.29 is 18.5 Å². The molecule has 1 aliphatic rings. The first-order chi connectivity index (χ1) is 11.6. The van der Waals surface area contributed by atoms with E-state index < -0.39 is 0 Å². The molecule has 3 rings (SSSR count). The summed E-state index contributed by atoms with van der Waals surface area (Å²) >= 11 is 0. The number of hydrogen-bond acceptors (Lipinski definition) is 5. The van der Waals surface area contributed by atoms with E-state index in [0.29, 0.717) is 44.6 Å². The lowest BCUT2D eigenvalue weighted by molar-refractivity contribution is -0.132. The quantitative estimate of drug-likeness (QED) is 0.853. The van der Waals surface area contributed by atoms with Crippen LogP contribution in [-0.4, -0.2) is 52.9 Å². The van der Waals surface area contributed by atoms with Gasteiger partial charge in [0.1, 0.15) is 12.0 Å². The van der Waals surface area contributed by atoms with Gasteiger partial charge in [-0.15, -0.1) is 0 Å². The van der Waals surface area contributed by atoms with Gasteiger partial charge in [0.15, 0.2) is 0 Å². The Morgan fingerprint density at radius 3 is 2.46 bits per heavy atom. The molecule has 1 saturated heterocycles. The van der Waals surface area contributed by atoms with Crippen molar-refractivity contribution in [2.75, 3.05) is 26.2 Å². The average molecular weight is 331 g/mol. The highest BCUT2D eigenvalue weighted by molar-refractivity contribution is 5.94. The fourth-order valence-corrected chi connectivity index (χ4v) is 2.98. The molecule has 128 valence electrons. The largest absolute Gasteiger partial charge is 0.472 e. The van der Waals surface area contributed by atoms with Gasteiger partial charge in [0.2, 0.25) is 5.91 Å². The van der Waals surface area contributed by atoms with E-state index in [1.54, 1.807) is 11.0 Å². The number of nitrogens with zero attached hydrogens (tertiary/aromatic N) is 3. The minimum absolute atomic E-state index is 0.0495. The van der Waals surface area contributed by atoms with Gasteiger partial charge in [-0.25, -0.2) is 0 Å². The minimum Gasteiger partial charge on any atom is -0.472 e. The van der Waals surface area contributed by atoms with Crippen LogP contribution in [-0.2, 0) is 11.2 Å². The summed E-state index contributed by atoms with van der Waals surface area (Å²) in [5.41, 5.74) is 2.40. The Morgan fingerprint density at radius 2 is 1.88 bits per heavy atom. The molecule has 1 fully saturated rings. The van der Waals surface area contributed by atoms with E-state index in [4.69, 9.17) is 8.94 Å². The normalized spacial score (nSPS) is 14.9. The van der Waals surface area contributed by atoms with Gasteiger partial charge < -0.3 is 18.7 Å². The molecule has 3 heterocycles. The number of carbonyl (C=O) groups excluding carboxylic acids is 2. The number of amides is 2. The third-order valence-electron chi connectivity index (χ3n) is 4.46. The van der Waals surface area contributed by atoms with Gasteiger partial charge in [-0.2, -0.15) is 0 Å². The van der Waals surface area contributed by atoms with Crippen molar-refractivity contribution in [2.45, 2.75) is 26.7 Å². The van der Waals surface area contributed by atoms with Crippen LogP contribution in [0.15, 0.2) is 27.5 Å². The first-order valence-corrected chi connectivity index (χ1v) is 8.07. The van der Waals surface area contributed by atoms with E-state index in [0.717, 1.165) is 17.0 Å². The summed E-state index contributed by atoms with van der Waals surface area (Å²) in [5, 5.41) is 3.91. The van der Waals surface area contributed by atoms with Gasteiger partial charge in [0.25, 0.3) is 5.91 Å². The van der Waals surface area contributed by atoms with Crippen LogP contribution in [0, 0.1) is 13.8 Å². The summed E-state index contributed by atoms with van der Waals surface area (Å²) in [4.78, 5) is 28.2. The van der Waals surface area contributed by atoms with Gasteiger partial charge in [-0.05, 0) is 26.3 Å². The van der Waals surface area contributed by atoms with Gasteiger partial charge >= 0.3 is 0 Å². The zero-order chi connectivity index (χ0) is 17.1. The molecule has 0 spiro atoms. The number of aromatic nitrogens is 1. The molecule has 0 radical (unpaired) electrons. The highest BCUT2D eigenvalue weighted by Gasteiger charge is 2.25. The summed E-state index contributed by atoms with van der Waals surface area (Å²) < 4.78 is 10.1. The van der Waals surface area contributed by atoms with E-state index in [2.05, 4.69) is 5.16 Å². The van der Waals surface area contributed by atoms with Gasteiger partial charge in [0.05, 0.1) is 17.5 Å². The number of furan rings is 1. The molecule has 0 N–H and O–H groups in total. The molecular weight excluding hydrogens is 310 g/mol. The number of aryl methyl sites for hydroxylation is 2. The standard InChI is InChI=1S/C17H21N3O4/c1-12-15(13(2)24-18-12)3-4-16(21)19-6-8-20(9-7-19)17(22)14-5-10-23-11-14/h5,10-11H,3-4,6-9H2,1-2H3. The van der Waals surface area contributed by atoms with Crippen molar-refractivity contribution >= 4 is 11.8 Å². The number of rotatable bonds is 4. The van der Waals surface area contributed by atoms with Crippen LogP contribution in [0.1, 0.15) is 33.8 Å². The Morgan fingerprint density at radius 1 is 1.17 bits per heavy atom. The maximum Gasteiger partial charge on any atom is 0.257 e. The molecule has 0 aromatic carbocycles. The van der Waals surface area contributed by atoms with E-state index in [-0.39, 0.29) is 11.8 Å². The van der Waals surface area contributed by atoms with Crippen LogP contribution < -0.4 is 0 Å². The Hall–Kier alpha value is -2.57. The molecule has 0 saturated carbocycles. The molecular formula is C17H21N3O4. The molecule has 7 nitrogen and oxygen atoms in total. The summed E-state index contributed by atoms with van der Waals surface area (Å²) in [6.45, 7) is 5.95. The molecule has 0 bridgehead atoms. The van der Waals surface area contributed by atoms with Crippen molar-refractivity contribution in [3.05, 3.63) is 41.2 Å². The molecule has 1 aliphatic heterocycles. The van der Waals surface area contributed by atoms with Crippen molar-refractivity contribution in [2.24, 2.45) is 0 Å². The second-order valence-corrected chi connectivity index (χ2v) is 5.99. The molecule has 0 unspecified atom stereocenters. The Balaban J connectivity index is 1.49. The van der Waals surface area contributed by atoms with Crippen molar-refractivity contribution in [1.82, 2.24) is 15.0 Å². The van der Waals surface area contributed by atoms with Crippen molar-refractivity contribution in [3.8, 4) is 0 Å². The van der Waals surface area contributed by atoms with Crippen LogP contribution in [0.5, 0.6) is 0 Å². The second-order valence-electron chi connectivity index (χ2n) is 5.99. The number of carbonyl (C=O) groups is 2. The van der Waals surface area contributed by atoms with E-state index >= 15 is 0 Å². The fourth-order valence-electron chi connectivity index (χ4n) is 2.98. The third-order valence-corrected chi connectivity index (χ3v) is 4.46. The average Bonchev–Trinajstić information content (AvgIpc) is 3.23. The number of piperazine rings is 1. The molecule has 2 aromatic heterocycles. The van der Waals surface area contributed by atoms with Crippen molar-refractivity contribution in [1.29, 1.82) is 0 Å². The molecule has 24 heavy (non-hydrogen) atoms.